The summed E-state index contributed by atoms with van der Waals surface area (Å²) in [6.07, 6.45) is 1.52. The van der Waals surface area contributed by atoms with E-state index in [1.54, 1.807) is 18.2 Å². The van der Waals surface area contributed by atoms with Gasteiger partial charge >= 0.3 is 0 Å². The van der Waals surface area contributed by atoms with Crippen LogP contribution in [0.25, 0.3) is 6.08 Å². The predicted octanol–water partition coefficient (Wildman–Crippen LogP) is 4.68. The van der Waals surface area contributed by atoms with Crippen molar-refractivity contribution in [2.75, 3.05) is 20.7 Å². The minimum atomic E-state index is -0.461. The van der Waals surface area contributed by atoms with Crippen molar-refractivity contribution in [3.05, 3.63) is 62.6 Å². The average Bonchev–Trinajstić information content (AvgIpc) is 2.75. The van der Waals surface area contributed by atoms with Crippen LogP contribution < -0.4 is 9.47 Å². The van der Waals surface area contributed by atoms with Crippen molar-refractivity contribution >= 4 is 62.8 Å². The first-order valence-electron chi connectivity index (χ1n) is 9.38. The number of nitrogens with zero attached hydrogens (tertiary/aromatic N) is 2. The maximum atomic E-state index is 12.6. The van der Waals surface area contributed by atoms with Gasteiger partial charge in [0.2, 0.25) is 0 Å². The molecule has 0 radical (unpaired) electrons. The molecule has 0 atom stereocenters. The Balaban J connectivity index is 1.95. The van der Waals surface area contributed by atoms with Crippen molar-refractivity contribution < 1.29 is 19.1 Å². The van der Waals surface area contributed by atoms with Gasteiger partial charge in [0, 0.05) is 29.2 Å². The number of benzene rings is 2. The highest BCUT2D eigenvalue weighted by molar-refractivity contribution is 9.10. The number of amides is 2. The van der Waals surface area contributed by atoms with E-state index in [0.29, 0.717) is 33.2 Å². The third-order valence-corrected chi connectivity index (χ3v) is 6.25. The van der Waals surface area contributed by atoms with E-state index < -0.39 is 11.8 Å². The van der Waals surface area contributed by atoms with Gasteiger partial charge < -0.3 is 9.47 Å². The topological polar surface area (TPSA) is 59.1 Å². The summed E-state index contributed by atoms with van der Waals surface area (Å²) >= 11 is 14.8. The van der Waals surface area contributed by atoms with Crippen LogP contribution in [0.4, 0.5) is 0 Å². The largest absolute Gasteiger partial charge is 0.490 e. The molecule has 0 aliphatic carbocycles. The van der Waals surface area contributed by atoms with Gasteiger partial charge in [0.25, 0.3) is 11.8 Å². The fourth-order valence-electron chi connectivity index (χ4n) is 2.94. The van der Waals surface area contributed by atoms with E-state index in [1.807, 2.05) is 25.1 Å². The Labute approximate surface area is 199 Å². The van der Waals surface area contributed by atoms with Crippen molar-refractivity contribution in [3.63, 3.8) is 0 Å². The second kappa shape index (κ2) is 9.80. The minimum Gasteiger partial charge on any atom is -0.490 e. The lowest BCUT2D eigenvalue weighted by molar-refractivity contribution is -0.132. The summed E-state index contributed by atoms with van der Waals surface area (Å²) in [5, 5.41) is 0.769. The van der Waals surface area contributed by atoms with Crippen LogP contribution in [0.2, 0.25) is 5.02 Å². The first-order valence-corrected chi connectivity index (χ1v) is 11.0. The molecule has 2 aromatic carbocycles. The lowest BCUT2D eigenvalue weighted by Crippen LogP contribution is -2.52. The smallest absolute Gasteiger partial charge is 0.265 e. The molecule has 0 bridgehead atoms. The quantitative estimate of drug-likeness (QED) is 0.313. The van der Waals surface area contributed by atoms with E-state index in [1.165, 1.54) is 30.0 Å². The van der Waals surface area contributed by atoms with E-state index in [2.05, 4.69) is 15.9 Å². The molecular formula is C22H20BrClN2O4S. The van der Waals surface area contributed by atoms with Gasteiger partial charge in [-0.05, 0) is 49.0 Å². The minimum absolute atomic E-state index is 0.00600. The zero-order valence-electron chi connectivity index (χ0n) is 17.1. The molecule has 6 nitrogen and oxygen atoms in total. The molecule has 0 unspecified atom stereocenters. The SMILES string of the molecule is CCOc1cc(C=C2C(=O)N(C)C(=S)N(C)C2=O)c(Br)cc1OCc1ccccc1Cl. The molecule has 1 heterocycles. The highest BCUT2D eigenvalue weighted by Crippen LogP contribution is 2.36. The number of likely N-dealkylation sites (N-methyl/N-ethyl adjacent to an activating group) is 2. The monoisotopic (exact) mass is 522 g/mol. The second-order valence-corrected chi connectivity index (χ2v) is 8.33. The molecular weight excluding hydrogens is 504 g/mol. The second-order valence-electron chi connectivity index (χ2n) is 6.70. The zero-order chi connectivity index (χ0) is 22.7. The first kappa shape index (κ1) is 23.2. The predicted molar refractivity (Wildman–Crippen MR) is 127 cm³/mol. The lowest BCUT2D eigenvalue weighted by Gasteiger charge is -2.31. The molecule has 3 rings (SSSR count). The van der Waals surface area contributed by atoms with Gasteiger partial charge in [-0.1, -0.05) is 45.7 Å². The normalized spacial score (nSPS) is 14.2. The number of ether oxygens (including phenoxy) is 2. The molecule has 0 spiro atoms. The Kier molecular flexibility index (Phi) is 7.35. The highest BCUT2D eigenvalue weighted by Gasteiger charge is 2.35. The van der Waals surface area contributed by atoms with Crippen LogP contribution in [0, 0.1) is 0 Å². The lowest BCUT2D eigenvalue weighted by atomic mass is 10.1. The van der Waals surface area contributed by atoms with Gasteiger partial charge in [0.1, 0.15) is 12.2 Å². The Bertz CT molecular complexity index is 1060. The van der Waals surface area contributed by atoms with E-state index >= 15 is 0 Å². The van der Waals surface area contributed by atoms with Crippen LogP contribution in [0.1, 0.15) is 18.1 Å². The summed E-state index contributed by atoms with van der Waals surface area (Å²) in [5.74, 6) is 0.0686. The number of carbonyl (C=O) groups is 2. The summed E-state index contributed by atoms with van der Waals surface area (Å²) in [6, 6.07) is 10.9. The third-order valence-electron chi connectivity index (χ3n) is 4.65. The molecule has 162 valence electrons. The maximum Gasteiger partial charge on any atom is 0.265 e. The fourth-order valence-corrected chi connectivity index (χ4v) is 3.74. The molecule has 1 aliphatic rings. The number of hydrogen-bond acceptors (Lipinski definition) is 5. The van der Waals surface area contributed by atoms with Crippen molar-refractivity contribution in [3.8, 4) is 11.5 Å². The van der Waals surface area contributed by atoms with Gasteiger partial charge in [0.05, 0.1) is 6.61 Å². The van der Waals surface area contributed by atoms with E-state index in [9.17, 15) is 9.59 Å². The molecule has 0 N–H and O–H groups in total. The van der Waals surface area contributed by atoms with Crippen molar-refractivity contribution in [2.24, 2.45) is 0 Å². The summed E-state index contributed by atoms with van der Waals surface area (Å²) in [4.78, 5) is 27.8. The first-order chi connectivity index (χ1) is 14.7. The summed E-state index contributed by atoms with van der Waals surface area (Å²) < 4.78 is 12.3. The number of rotatable bonds is 6. The molecule has 1 saturated heterocycles. The molecule has 2 aromatic rings. The van der Waals surface area contributed by atoms with Crippen LogP contribution in [0.3, 0.4) is 0 Å². The van der Waals surface area contributed by atoms with Crippen molar-refractivity contribution in [1.29, 1.82) is 0 Å². The van der Waals surface area contributed by atoms with Gasteiger partial charge in [-0.2, -0.15) is 0 Å². The zero-order valence-corrected chi connectivity index (χ0v) is 20.3. The summed E-state index contributed by atoms with van der Waals surface area (Å²) in [7, 11) is 3.07. The van der Waals surface area contributed by atoms with Crippen LogP contribution in [0.15, 0.2) is 46.4 Å². The number of hydrogen-bond donors (Lipinski definition) is 0. The molecule has 1 aliphatic heterocycles. The van der Waals surface area contributed by atoms with Crippen LogP contribution >= 0.6 is 39.7 Å². The van der Waals surface area contributed by atoms with Crippen LogP contribution in [-0.2, 0) is 16.2 Å². The number of thiocarbonyl (C=S) groups is 1. The van der Waals surface area contributed by atoms with Crippen LogP contribution in [-0.4, -0.2) is 47.4 Å². The Hall–Kier alpha value is -2.42. The van der Waals surface area contributed by atoms with E-state index in [-0.39, 0.29) is 17.3 Å². The third kappa shape index (κ3) is 4.92. The van der Waals surface area contributed by atoms with Crippen molar-refractivity contribution in [1.82, 2.24) is 9.80 Å². The average molecular weight is 524 g/mol. The fraction of sp³-hybridized carbons (Fsp3) is 0.227. The van der Waals surface area contributed by atoms with Gasteiger partial charge in [-0.25, -0.2) is 0 Å². The number of carbonyl (C=O) groups excluding carboxylic acids is 2. The Morgan fingerprint density at radius 1 is 1.06 bits per heavy atom. The van der Waals surface area contributed by atoms with Gasteiger partial charge in [0.15, 0.2) is 16.6 Å². The Morgan fingerprint density at radius 3 is 2.29 bits per heavy atom. The maximum absolute atomic E-state index is 12.6. The van der Waals surface area contributed by atoms with Gasteiger partial charge in [-0.3, -0.25) is 19.4 Å². The molecule has 2 amide bonds. The molecule has 1 fully saturated rings. The van der Waals surface area contributed by atoms with Crippen LogP contribution in [0.5, 0.6) is 11.5 Å². The number of halogens is 2. The molecule has 0 saturated carbocycles. The van der Waals surface area contributed by atoms with E-state index in [0.717, 1.165) is 5.56 Å². The highest BCUT2D eigenvalue weighted by atomic mass is 79.9. The van der Waals surface area contributed by atoms with Gasteiger partial charge in [-0.15, -0.1) is 0 Å². The molecule has 9 heteroatoms. The Morgan fingerprint density at radius 2 is 1.68 bits per heavy atom. The summed E-state index contributed by atoms with van der Waals surface area (Å²) in [5.41, 5.74) is 1.45. The molecule has 31 heavy (non-hydrogen) atoms. The van der Waals surface area contributed by atoms with Crippen molar-refractivity contribution in [2.45, 2.75) is 13.5 Å². The molecule has 0 aromatic heterocycles. The standard InChI is InChI=1S/C22H20BrClN2O4S/c1-4-29-18-10-14(9-15-20(27)25(2)22(31)26(3)21(15)28)16(23)11-19(18)30-12-13-7-5-6-8-17(13)24/h5-11H,4,12H2,1-3H3. The summed E-state index contributed by atoms with van der Waals surface area (Å²) in [6.45, 7) is 2.53. The van der Waals surface area contributed by atoms with E-state index in [4.69, 9.17) is 33.3 Å².